The van der Waals surface area contributed by atoms with Crippen LogP contribution in [0.2, 0.25) is 5.02 Å². The molecule has 154 valence electrons. The first-order chi connectivity index (χ1) is 13.9. The van der Waals surface area contributed by atoms with Gasteiger partial charge in [-0.2, -0.15) is 0 Å². The number of carbonyl (C=O) groups is 1. The highest BCUT2D eigenvalue weighted by atomic mass is 35.5. The number of nitrogens with zero attached hydrogens (tertiary/aromatic N) is 5. The zero-order chi connectivity index (χ0) is 21.0. The van der Waals surface area contributed by atoms with Crippen molar-refractivity contribution in [1.29, 1.82) is 0 Å². The number of aryl methyl sites for hydroxylation is 2. The molecule has 2 heterocycles. The lowest BCUT2D eigenvalue weighted by molar-refractivity contribution is -0.113. The number of thioether (sulfide) groups is 1. The van der Waals surface area contributed by atoms with Crippen molar-refractivity contribution in [1.82, 2.24) is 25.0 Å². The Kier molecular flexibility index (Phi) is 7.09. The van der Waals surface area contributed by atoms with E-state index in [-0.39, 0.29) is 17.8 Å². The van der Waals surface area contributed by atoms with Crippen LogP contribution < -0.4 is 10.1 Å². The maximum Gasteiger partial charge on any atom is 0.236 e. The van der Waals surface area contributed by atoms with Crippen LogP contribution in [0.15, 0.2) is 23.4 Å². The number of hydrogen-bond acceptors (Lipinski definition) is 8. The van der Waals surface area contributed by atoms with Crippen molar-refractivity contribution in [3.05, 3.63) is 39.6 Å². The van der Waals surface area contributed by atoms with E-state index >= 15 is 0 Å². The van der Waals surface area contributed by atoms with Crippen LogP contribution in [0.4, 0.5) is 5.13 Å². The highest BCUT2D eigenvalue weighted by Gasteiger charge is 2.19. The largest absolute Gasteiger partial charge is 0.482 e. The average molecular weight is 453 g/mol. The van der Waals surface area contributed by atoms with Gasteiger partial charge in [0.2, 0.25) is 11.0 Å². The maximum absolute atomic E-state index is 12.2. The summed E-state index contributed by atoms with van der Waals surface area (Å²) in [4.78, 5) is 12.2. The van der Waals surface area contributed by atoms with Crippen LogP contribution in [0.25, 0.3) is 0 Å². The normalized spacial score (nSPS) is 12.0. The van der Waals surface area contributed by atoms with E-state index in [4.69, 9.17) is 16.3 Å². The molecule has 0 spiro atoms. The molecule has 0 fully saturated rings. The second-order valence-electron chi connectivity index (χ2n) is 6.26. The molecule has 1 unspecified atom stereocenters. The number of anilines is 1. The Morgan fingerprint density at radius 3 is 2.83 bits per heavy atom. The maximum atomic E-state index is 12.2. The fourth-order valence-corrected chi connectivity index (χ4v) is 4.17. The fourth-order valence-electron chi connectivity index (χ4n) is 2.53. The molecule has 1 N–H and O–H groups in total. The van der Waals surface area contributed by atoms with Crippen molar-refractivity contribution < 1.29 is 9.53 Å². The zero-order valence-electron chi connectivity index (χ0n) is 16.5. The summed E-state index contributed by atoms with van der Waals surface area (Å²) in [5.41, 5.74) is 0.945. The van der Waals surface area contributed by atoms with E-state index < -0.39 is 0 Å². The molecule has 0 aliphatic carbocycles. The van der Waals surface area contributed by atoms with Gasteiger partial charge in [0.05, 0.1) is 5.75 Å². The Labute approximate surface area is 182 Å². The van der Waals surface area contributed by atoms with Crippen LogP contribution in [-0.2, 0) is 18.3 Å². The molecule has 0 saturated heterocycles. The van der Waals surface area contributed by atoms with Crippen molar-refractivity contribution in [3.8, 4) is 5.75 Å². The Morgan fingerprint density at radius 1 is 1.34 bits per heavy atom. The van der Waals surface area contributed by atoms with Gasteiger partial charge in [-0.15, -0.1) is 20.4 Å². The number of amides is 1. The van der Waals surface area contributed by atoms with E-state index in [2.05, 4.69) is 25.7 Å². The van der Waals surface area contributed by atoms with Gasteiger partial charge in [0, 0.05) is 12.1 Å². The average Bonchev–Trinajstić information content (AvgIpc) is 3.28. The second-order valence-corrected chi connectivity index (χ2v) is 8.70. The van der Waals surface area contributed by atoms with E-state index in [9.17, 15) is 4.79 Å². The number of aromatic nitrogens is 5. The minimum absolute atomic E-state index is 0.167. The molecule has 1 atom stereocenters. The molecule has 8 nitrogen and oxygen atoms in total. The molecule has 1 amide bonds. The summed E-state index contributed by atoms with van der Waals surface area (Å²) in [6.45, 7) is 5.83. The number of nitrogens with one attached hydrogen (secondary N) is 1. The van der Waals surface area contributed by atoms with Gasteiger partial charge in [-0.1, -0.05) is 41.6 Å². The summed E-state index contributed by atoms with van der Waals surface area (Å²) < 4.78 is 7.84. The first-order valence-corrected chi connectivity index (χ1v) is 11.1. The molecular weight excluding hydrogens is 432 g/mol. The standard InChI is InChI=1S/C18H21ClN6O2S2/c1-5-15-21-23-17(29-15)20-14(26)9-28-18-24-22-16(25(18)4)11(3)27-13-7-6-12(19)8-10(13)2/h6-8,11H,5,9H2,1-4H3,(H,20,23,26). The summed E-state index contributed by atoms with van der Waals surface area (Å²) >= 11 is 8.67. The summed E-state index contributed by atoms with van der Waals surface area (Å²) in [5, 5.41) is 21.8. The van der Waals surface area contributed by atoms with E-state index in [1.165, 1.54) is 23.1 Å². The molecule has 11 heteroatoms. The van der Waals surface area contributed by atoms with E-state index in [1.54, 1.807) is 6.07 Å². The fraction of sp³-hybridized carbons (Fsp3) is 0.389. The zero-order valence-corrected chi connectivity index (χ0v) is 18.9. The minimum Gasteiger partial charge on any atom is -0.482 e. The van der Waals surface area contributed by atoms with E-state index in [0.29, 0.717) is 21.1 Å². The first-order valence-electron chi connectivity index (χ1n) is 8.94. The summed E-state index contributed by atoms with van der Waals surface area (Å²) in [6.07, 6.45) is 0.476. The van der Waals surface area contributed by atoms with Crippen molar-refractivity contribution in [2.45, 2.75) is 38.5 Å². The SMILES string of the molecule is CCc1nnc(NC(=O)CSc2nnc(C(C)Oc3ccc(Cl)cc3C)n2C)s1. The predicted molar refractivity (Wildman–Crippen MR) is 115 cm³/mol. The molecular formula is C18H21ClN6O2S2. The van der Waals surface area contributed by atoms with Gasteiger partial charge in [0.15, 0.2) is 17.1 Å². The molecule has 0 aliphatic heterocycles. The third-order valence-electron chi connectivity index (χ3n) is 4.02. The Morgan fingerprint density at radius 2 is 2.14 bits per heavy atom. The molecule has 3 rings (SSSR count). The number of ether oxygens (including phenoxy) is 1. The minimum atomic E-state index is -0.315. The molecule has 0 aliphatic rings. The number of halogens is 1. The monoisotopic (exact) mass is 452 g/mol. The molecule has 0 saturated carbocycles. The highest BCUT2D eigenvalue weighted by Crippen LogP contribution is 2.28. The topological polar surface area (TPSA) is 94.8 Å². The van der Waals surface area contributed by atoms with E-state index in [0.717, 1.165) is 22.7 Å². The van der Waals surface area contributed by atoms with Crippen LogP contribution in [0.5, 0.6) is 5.75 Å². The summed E-state index contributed by atoms with van der Waals surface area (Å²) in [5.74, 6) is 1.43. The lowest BCUT2D eigenvalue weighted by Gasteiger charge is -2.16. The summed E-state index contributed by atoms with van der Waals surface area (Å²) in [7, 11) is 1.85. The van der Waals surface area contributed by atoms with Crippen molar-refractivity contribution in [2.75, 3.05) is 11.1 Å². The Hall–Kier alpha value is -2.17. The number of benzene rings is 1. The molecule has 3 aromatic rings. The van der Waals surface area contributed by atoms with Gasteiger partial charge in [-0.3, -0.25) is 10.1 Å². The lowest BCUT2D eigenvalue weighted by atomic mass is 10.2. The smallest absolute Gasteiger partial charge is 0.236 e. The van der Waals surface area contributed by atoms with Crippen molar-refractivity contribution in [3.63, 3.8) is 0 Å². The lowest BCUT2D eigenvalue weighted by Crippen LogP contribution is -2.14. The first kappa shape index (κ1) is 21.5. The molecule has 0 radical (unpaired) electrons. The van der Waals surface area contributed by atoms with Gasteiger partial charge in [-0.05, 0) is 44.0 Å². The Balaban J connectivity index is 1.58. The van der Waals surface area contributed by atoms with Crippen molar-refractivity contribution in [2.24, 2.45) is 7.05 Å². The predicted octanol–water partition coefficient (Wildman–Crippen LogP) is 4.06. The van der Waals surface area contributed by atoms with Gasteiger partial charge < -0.3 is 9.30 Å². The van der Waals surface area contributed by atoms with Crippen LogP contribution in [0.1, 0.15) is 36.3 Å². The molecule has 1 aromatic carbocycles. The van der Waals surface area contributed by atoms with Gasteiger partial charge in [-0.25, -0.2) is 0 Å². The van der Waals surface area contributed by atoms with Crippen LogP contribution in [0, 0.1) is 6.92 Å². The Bertz CT molecular complexity index is 1010. The van der Waals surface area contributed by atoms with Crippen LogP contribution in [-0.4, -0.2) is 36.6 Å². The molecule has 0 bridgehead atoms. The second kappa shape index (κ2) is 9.55. The molecule has 2 aromatic heterocycles. The van der Waals surface area contributed by atoms with Crippen LogP contribution in [0.3, 0.4) is 0 Å². The third-order valence-corrected chi connectivity index (χ3v) is 6.26. The van der Waals surface area contributed by atoms with Crippen LogP contribution >= 0.6 is 34.7 Å². The summed E-state index contributed by atoms with van der Waals surface area (Å²) in [6, 6.07) is 5.47. The quantitative estimate of drug-likeness (QED) is 0.515. The van der Waals surface area contributed by atoms with Gasteiger partial charge in [0.25, 0.3) is 0 Å². The number of hydrogen-bond donors (Lipinski definition) is 1. The van der Waals surface area contributed by atoms with Gasteiger partial charge in [0.1, 0.15) is 10.8 Å². The highest BCUT2D eigenvalue weighted by molar-refractivity contribution is 7.99. The number of carbonyl (C=O) groups excluding carboxylic acids is 1. The number of rotatable bonds is 8. The third kappa shape index (κ3) is 5.46. The van der Waals surface area contributed by atoms with Crippen molar-refractivity contribution >= 4 is 45.7 Å². The van der Waals surface area contributed by atoms with Gasteiger partial charge >= 0.3 is 0 Å². The molecule has 29 heavy (non-hydrogen) atoms. The van der Waals surface area contributed by atoms with E-state index in [1.807, 2.05) is 44.5 Å².